The topological polar surface area (TPSA) is 32.9 Å². The summed E-state index contributed by atoms with van der Waals surface area (Å²) in [6, 6.07) is 12.1. The average Bonchev–Trinajstić information content (AvgIpc) is 2.85. The van der Waals surface area contributed by atoms with E-state index in [0.29, 0.717) is 16.7 Å². The molecule has 0 saturated carbocycles. The molecule has 19 heavy (non-hydrogen) atoms. The molecule has 1 heterocycles. The van der Waals surface area contributed by atoms with E-state index in [0.717, 1.165) is 10.9 Å². The van der Waals surface area contributed by atoms with Crippen LogP contribution in [0.2, 0.25) is 0 Å². The second-order valence-corrected chi connectivity index (χ2v) is 4.54. The summed E-state index contributed by atoms with van der Waals surface area (Å²) in [7, 11) is 0. The third-order valence-electron chi connectivity index (χ3n) is 3.25. The molecule has 0 aliphatic heterocycles. The van der Waals surface area contributed by atoms with Crippen LogP contribution in [0.4, 0.5) is 4.39 Å². The van der Waals surface area contributed by atoms with Crippen molar-refractivity contribution in [2.24, 2.45) is 0 Å². The number of aromatic amines is 1. The third-order valence-corrected chi connectivity index (χ3v) is 3.25. The highest BCUT2D eigenvalue weighted by Gasteiger charge is 2.14. The van der Waals surface area contributed by atoms with Gasteiger partial charge in [-0.3, -0.25) is 4.79 Å². The van der Waals surface area contributed by atoms with Crippen LogP contribution < -0.4 is 0 Å². The van der Waals surface area contributed by atoms with Crippen LogP contribution >= 0.6 is 0 Å². The van der Waals surface area contributed by atoms with E-state index in [1.807, 2.05) is 24.3 Å². The molecule has 0 aliphatic carbocycles. The van der Waals surface area contributed by atoms with E-state index in [2.05, 4.69) is 4.98 Å². The number of aromatic nitrogens is 1. The summed E-state index contributed by atoms with van der Waals surface area (Å²) in [4.78, 5) is 15.5. The van der Waals surface area contributed by atoms with Crippen molar-refractivity contribution in [2.75, 3.05) is 0 Å². The number of ketones is 1. The van der Waals surface area contributed by atoms with Crippen LogP contribution in [0.3, 0.4) is 0 Å². The van der Waals surface area contributed by atoms with Crippen LogP contribution in [0.15, 0.2) is 48.7 Å². The Morgan fingerprint density at radius 3 is 2.74 bits per heavy atom. The predicted molar refractivity (Wildman–Crippen MR) is 72.9 cm³/mol. The van der Waals surface area contributed by atoms with Crippen molar-refractivity contribution >= 4 is 16.7 Å². The molecular formula is C16H12FNO. The van der Waals surface area contributed by atoms with Crippen molar-refractivity contribution in [3.63, 3.8) is 0 Å². The SMILES string of the molecule is Cc1cc(C(=O)c2c[nH]c3ccccc23)ccc1F. The number of benzene rings is 2. The minimum atomic E-state index is -0.296. The van der Waals surface area contributed by atoms with Crippen molar-refractivity contribution in [2.45, 2.75) is 6.92 Å². The lowest BCUT2D eigenvalue weighted by Gasteiger charge is -2.02. The maximum atomic E-state index is 13.2. The zero-order valence-electron chi connectivity index (χ0n) is 10.4. The van der Waals surface area contributed by atoms with Gasteiger partial charge < -0.3 is 4.98 Å². The lowest BCUT2D eigenvalue weighted by molar-refractivity contribution is 0.104. The number of fused-ring (bicyclic) bond motifs is 1. The minimum absolute atomic E-state index is 0.0967. The van der Waals surface area contributed by atoms with Crippen LogP contribution in [0.5, 0.6) is 0 Å². The number of rotatable bonds is 2. The Kier molecular flexibility index (Phi) is 2.67. The maximum absolute atomic E-state index is 13.2. The van der Waals surface area contributed by atoms with Gasteiger partial charge in [0.1, 0.15) is 5.82 Å². The molecule has 94 valence electrons. The van der Waals surface area contributed by atoms with Crippen LogP contribution in [0.1, 0.15) is 21.5 Å². The molecule has 0 spiro atoms. The first-order valence-corrected chi connectivity index (χ1v) is 6.04. The van der Waals surface area contributed by atoms with Gasteiger partial charge in [-0.15, -0.1) is 0 Å². The lowest BCUT2D eigenvalue weighted by atomic mass is 10.0. The summed E-state index contributed by atoms with van der Waals surface area (Å²) < 4.78 is 13.2. The largest absolute Gasteiger partial charge is 0.360 e. The fourth-order valence-electron chi connectivity index (χ4n) is 2.20. The second kappa shape index (κ2) is 4.35. The molecule has 0 amide bonds. The molecular weight excluding hydrogens is 241 g/mol. The molecule has 1 N–H and O–H groups in total. The molecule has 0 atom stereocenters. The predicted octanol–water partition coefficient (Wildman–Crippen LogP) is 3.85. The van der Waals surface area contributed by atoms with Gasteiger partial charge in [-0.2, -0.15) is 0 Å². The van der Waals surface area contributed by atoms with Crippen molar-refractivity contribution in [1.29, 1.82) is 0 Å². The molecule has 0 bridgehead atoms. The highest BCUT2D eigenvalue weighted by molar-refractivity contribution is 6.16. The quantitative estimate of drug-likeness (QED) is 0.691. The van der Waals surface area contributed by atoms with E-state index >= 15 is 0 Å². The summed E-state index contributed by atoms with van der Waals surface area (Å²) >= 11 is 0. The van der Waals surface area contributed by atoms with Gasteiger partial charge in [-0.1, -0.05) is 18.2 Å². The first-order valence-electron chi connectivity index (χ1n) is 6.04. The number of hydrogen-bond acceptors (Lipinski definition) is 1. The first-order chi connectivity index (χ1) is 9.16. The lowest BCUT2D eigenvalue weighted by Crippen LogP contribution is -2.01. The highest BCUT2D eigenvalue weighted by atomic mass is 19.1. The number of para-hydroxylation sites is 1. The summed E-state index contributed by atoms with van der Waals surface area (Å²) in [5, 5.41) is 0.884. The number of H-pyrrole nitrogens is 1. The van der Waals surface area contributed by atoms with E-state index in [4.69, 9.17) is 0 Å². The van der Waals surface area contributed by atoms with E-state index in [1.165, 1.54) is 12.1 Å². The molecule has 0 aliphatic rings. The first kappa shape index (κ1) is 11.7. The van der Waals surface area contributed by atoms with Gasteiger partial charge in [0, 0.05) is 28.2 Å². The van der Waals surface area contributed by atoms with Crippen LogP contribution in [-0.4, -0.2) is 10.8 Å². The van der Waals surface area contributed by atoms with Gasteiger partial charge in [-0.25, -0.2) is 4.39 Å². The van der Waals surface area contributed by atoms with Crippen LogP contribution in [0.25, 0.3) is 10.9 Å². The van der Waals surface area contributed by atoms with E-state index in [9.17, 15) is 9.18 Å². The summed E-state index contributed by atoms with van der Waals surface area (Å²) in [5.41, 5.74) is 2.51. The second-order valence-electron chi connectivity index (χ2n) is 4.54. The average molecular weight is 253 g/mol. The zero-order valence-corrected chi connectivity index (χ0v) is 10.4. The van der Waals surface area contributed by atoms with Gasteiger partial charge in [-0.05, 0) is 36.8 Å². The van der Waals surface area contributed by atoms with Gasteiger partial charge in [0.05, 0.1) is 0 Å². The summed E-state index contributed by atoms with van der Waals surface area (Å²) in [5.74, 6) is -0.393. The molecule has 1 aromatic heterocycles. The molecule has 0 unspecified atom stereocenters. The summed E-state index contributed by atoms with van der Waals surface area (Å²) in [6.45, 7) is 1.65. The molecule has 2 aromatic carbocycles. The van der Waals surface area contributed by atoms with Gasteiger partial charge >= 0.3 is 0 Å². The number of hydrogen-bond donors (Lipinski definition) is 1. The van der Waals surface area contributed by atoms with Gasteiger partial charge in [0.2, 0.25) is 0 Å². The number of carbonyl (C=O) groups excluding carboxylic acids is 1. The number of nitrogens with one attached hydrogen (secondary N) is 1. The zero-order chi connectivity index (χ0) is 13.4. The Morgan fingerprint density at radius 2 is 1.95 bits per heavy atom. The molecule has 0 fully saturated rings. The van der Waals surface area contributed by atoms with Crippen molar-refractivity contribution in [3.05, 3.63) is 71.2 Å². The molecule has 0 radical (unpaired) electrons. The fraction of sp³-hybridized carbons (Fsp3) is 0.0625. The molecule has 3 aromatic rings. The molecule has 3 rings (SSSR count). The van der Waals surface area contributed by atoms with Crippen molar-refractivity contribution in [1.82, 2.24) is 4.98 Å². The van der Waals surface area contributed by atoms with E-state index < -0.39 is 0 Å². The number of carbonyl (C=O) groups is 1. The third kappa shape index (κ3) is 1.93. The molecule has 0 saturated heterocycles. The van der Waals surface area contributed by atoms with Gasteiger partial charge in [0.25, 0.3) is 0 Å². The van der Waals surface area contributed by atoms with Gasteiger partial charge in [0.15, 0.2) is 5.78 Å². The number of aryl methyl sites for hydroxylation is 1. The van der Waals surface area contributed by atoms with Crippen molar-refractivity contribution in [3.8, 4) is 0 Å². The number of halogens is 1. The normalized spacial score (nSPS) is 10.8. The maximum Gasteiger partial charge on any atom is 0.195 e. The van der Waals surface area contributed by atoms with E-state index in [1.54, 1.807) is 19.2 Å². The Hall–Kier alpha value is -2.42. The minimum Gasteiger partial charge on any atom is -0.360 e. The monoisotopic (exact) mass is 253 g/mol. The Bertz CT molecular complexity index is 773. The van der Waals surface area contributed by atoms with Crippen LogP contribution in [0, 0.1) is 12.7 Å². The summed E-state index contributed by atoms with van der Waals surface area (Å²) in [6.07, 6.45) is 1.70. The molecule has 3 heteroatoms. The van der Waals surface area contributed by atoms with E-state index in [-0.39, 0.29) is 11.6 Å². The van der Waals surface area contributed by atoms with Crippen molar-refractivity contribution < 1.29 is 9.18 Å². The Morgan fingerprint density at radius 1 is 1.16 bits per heavy atom. The smallest absolute Gasteiger partial charge is 0.195 e. The standard InChI is InChI=1S/C16H12FNO/c1-10-8-11(6-7-14(10)17)16(19)13-9-18-15-5-3-2-4-12(13)15/h2-9,18H,1H3. The fourth-order valence-corrected chi connectivity index (χ4v) is 2.20. The van der Waals surface area contributed by atoms with Crippen LogP contribution in [-0.2, 0) is 0 Å². The highest BCUT2D eigenvalue weighted by Crippen LogP contribution is 2.21. The Labute approximate surface area is 109 Å². The Balaban J connectivity index is 2.11. The molecule has 2 nitrogen and oxygen atoms in total.